The van der Waals surface area contributed by atoms with Gasteiger partial charge in [-0.2, -0.15) is 0 Å². The van der Waals surface area contributed by atoms with E-state index < -0.39 is 0 Å². The number of methoxy groups -OCH3 is 1. The topological polar surface area (TPSA) is 44.8 Å². The Labute approximate surface area is 139 Å². The van der Waals surface area contributed by atoms with Crippen molar-refractivity contribution >= 4 is 5.91 Å². The van der Waals surface area contributed by atoms with Crippen LogP contribution in [0.3, 0.4) is 0 Å². The van der Waals surface area contributed by atoms with Gasteiger partial charge in [0.15, 0.2) is 0 Å². The molecule has 1 fully saturated rings. The third kappa shape index (κ3) is 5.94. The van der Waals surface area contributed by atoms with Gasteiger partial charge in [-0.05, 0) is 44.6 Å². The fraction of sp³-hybridized carbons (Fsp3) is 0.611. The molecule has 0 spiro atoms. The van der Waals surface area contributed by atoms with E-state index in [1.54, 1.807) is 7.11 Å². The van der Waals surface area contributed by atoms with Gasteiger partial charge in [0.25, 0.3) is 5.91 Å². The summed E-state index contributed by atoms with van der Waals surface area (Å²) < 4.78 is 5.11. The summed E-state index contributed by atoms with van der Waals surface area (Å²) >= 11 is 0. The first-order chi connectivity index (χ1) is 11.1. The van der Waals surface area contributed by atoms with E-state index >= 15 is 0 Å². The lowest BCUT2D eigenvalue weighted by atomic mass is 10.0. The monoisotopic (exact) mass is 319 g/mol. The van der Waals surface area contributed by atoms with Crippen molar-refractivity contribution in [1.82, 2.24) is 15.1 Å². The summed E-state index contributed by atoms with van der Waals surface area (Å²) in [7, 11) is 5.82. The molecule has 0 unspecified atom stereocenters. The number of ether oxygens (including phenoxy) is 1. The number of hydrogen-bond donors (Lipinski definition) is 1. The molecule has 1 saturated heterocycles. The summed E-state index contributed by atoms with van der Waals surface area (Å²) in [4.78, 5) is 16.9. The zero-order valence-corrected chi connectivity index (χ0v) is 14.5. The number of hydrogen-bond acceptors (Lipinski definition) is 4. The van der Waals surface area contributed by atoms with Crippen LogP contribution in [-0.4, -0.2) is 69.2 Å². The molecule has 0 saturated carbocycles. The molecule has 5 heteroatoms. The summed E-state index contributed by atoms with van der Waals surface area (Å²) in [5, 5.41) is 3.16. The van der Waals surface area contributed by atoms with Crippen molar-refractivity contribution in [2.75, 3.05) is 47.4 Å². The van der Waals surface area contributed by atoms with Crippen LogP contribution in [0.15, 0.2) is 24.3 Å². The largest absolute Gasteiger partial charge is 0.383 e. The first kappa shape index (κ1) is 17.9. The van der Waals surface area contributed by atoms with E-state index in [9.17, 15) is 4.79 Å². The zero-order valence-electron chi connectivity index (χ0n) is 14.5. The van der Waals surface area contributed by atoms with E-state index in [-0.39, 0.29) is 11.9 Å². The van der Waals surface area contributed by atoms with Gasteiger partial charge in [0.05, 0.1) is 6.61 Å². The molecular weight excluding hydrogens is 290 g/mol. The molecule has 0 aliphatic carbocycles. The van der Waals surface area contributed by atoms with Gasteiger partial charge < -0.3 is 19.9 Å². The van der Waals surface area contributed by atoms with E-state index in [1.807, 2.05) is 38.4 Å². The molecule has 0 bridgehead atoms. The molecule has 1 aromatic carbocycles. The van der Waals surface area contributed by atoms with Gasteiger partial charge in [0, 0.05) is 44.9 Å². The molecule has 0 radical (unpaired) electrons. The molecule has 1 aliphatic heterocycles. The Morgan fingerprint density at radius 2 is 1.91 bits per heavy atom. The minimum absolute atomic E-state index is 0.0387. The smallest absolute Gasteiger partial charge is 0.251 e. The second kappa shape index (κ2) is 9.01. The van der Waals surface area contributed by atoms with E-state index in [0.29, 0.717) is 0 Å². The van der Waals surface area contributed by atoms with E-state index in [0.717, 1.165) is 51.2 Å². The average molecular weight is 319 g/mol. The Hall–Kier alpha value is -1.43. The number of piperidine rings is 1. The Morgan fingerprint density at radius 3 is 2.48 bits per heavy atom. The summed E-state index contributed by atoms with van der Waals surface area (Å²) in [6.07, 6.45) is 2.02. The van der Waals surface area contributed by atoms with Gasteiger partial charge in [-0.25, -0.2) is 0 Å². The molecule has 128 valence electrons. The van der Waals surface area contributed by atoms with Crippen LogP contribution in [0, 0.1) is 0 Å². The summed E-state index contributed by atoms with van der Waals surface area (Å²) in [6, 6.07) is 8.18. The molecule has 1 amide bonds. The first-order valence-corrected chi connectivity index (χ1v) is 8.34. The maximum atomic E-state index is 12.3. The number of carbonyl (C=O) groups excluding carboxylic acids is 1. The van der Waals surface area contributed by atoms with Crippen LogP contribution in [0.4, 0.5) is 0 Å². The van der Waals surface area contributed by atoms with E-state index in [1.165, 1.54) is 5.56 Å². The van der Waals surface area contributed by atoms with Gasteiger partial charge in [-0.1, -0.05) is 12.1 Å². The molecule has 1 N–H and O–H groups in total. The average Bonchev–Trinajstić information content (AvgIpc) is 2.54. The normalized spacial score (nSPS) is 16.7. The maximum absolute atomic E-state index is 12.3. The minimum Gasteiger partial charge on any atom is -0.383 e. The highest BCUT2D eigenvalue weighted by molar-refractivity contribution is 5.94. The van der Waals surface area contributed by atoms with E-state index in [2.05, 4.69) is 15.1 Å². The number of likely N-dealkylation sites (tertiary alicyclic amines) is 1. The zero-order chi connectivity index (χ0) is 16.7. The molecule has 1 heterocycles. The van der Waals surface area contributed by atoms with Gasteiger partial charge >= 0.3 is 0 Å². The number of amides is 1. The summed E-state index contributed by atoms with van der Waals surface area (Å²) in [5.74, 6) is 0.0387. The van der Waals surface area contributed by atoms with Crippen LogP contribution in [0.5, 0.6) is 0 Å². The van der Waals surface area contributed by atoms with Crippen LogP contribution >= 0.6 is 0 Å². The Morgan fingerprint density at radius 1 is 1.26 bits per heavy atom. The Balaban J connectivity index is 1.78. The summed E-state index contributed by atoms with van der Waals surface area (Å²) in [5.41, 5.74) is 1.97. The number of rotatable bonds is 7. The molecule has 23 heavy (non-hydrogen) atoms. The molecule has 1 aromatic rings. The molecule has 1 aliphatic rings. The number of nitrogens with zero attached hydrogens (tertiary/aromatic N) is 2. The quantitative estimate of drug-likeness (QED) is 0.829. The SMILES string of the molecule is COCCN1CCC(NC(=O)c2ccc(CN(C)C)cc2)CC1. The first-order valence-electron chi connectivity index (χ1n) is 8.34. The number of nitrogens with one attached hydrogen (secondary N) is 1. The maximum Gasteiger partial charge on any atom is 0.251 e. The Bertz CT molecular complexity index is 480. The minimum atomic E-state index is 0.0387. The van der Waals surface area contributed by atoms with Gasteiger partial charge in [0.2, 0.25) is 0 Å². The van der Waals surface area contributed by atoms with Crippen molar-refractivity contribution < 1.29 is 9.53 Å². The van der Waals surface area contributed by atoms with E-state index in [4.69, 9.17) is 4.74 Å². The second-order valence-corrected chi connectivity index (χ2v) is 6.52. The standard InChI is InChI=1S/C18H29N3O2/c1-20(2)14-15-4-6-16(7-5-15)18(22)19-17-8-10-21(11-9-17)12-13-23-3/h4-7,17H,8-14H2,1-3H3,(H,19,22). The third-order valence-electron chi connectivity index (χ3n) is 4.25. The van der Waals surface area contributed by atoms with Gasteiger partial charge in [-0.15, -0.1) is 0 Å². The number of benzene rings is 1. The summed E-state index contributed by atoms with van der Waals surface area (Å²) in [6.45, 7) is 4.69. The molecule has 0 atom stereocenters. The second-order valence-electron chi connectivity index (χ2n) is 6.52. The molecule has 0 aromatic heterocycles. The predicted octanol–water partition coefficient (Wildman–Crippen LogP) is 1.59. The highest BCUT2D eigenvalue weighted by Crippen LogP contribution is 2.12. The lowest BCUT2D eigenvalue weighted by molar-refractivity contribution is 0.0893. The van der Waals surface area contributed by atoms with Crippen molar-refractivity contribution in [2.45, 2.75) is 25.4 Å². The van der Waals surface area contributed by atoms with Crippen molar-refractivity contribution in [1.29, 1.82) is 0 Å². The highest BCUT2D eigenvalue weighted by atomic mass is 16.5. The van der Waals surface area contributed by atoms with Crippen molar-refractivity contribution in [2.24, 2.45) is 0 Å². The van der Waals surface area contributed by atoms with Crippen LogP contribution in [0.1, 0.15) is 28.8 Å². The lowest BCUT2D eigenvalue weighted by Crippen LogP contribution is -2.45. The van der Waals surface area contributed by atoms with Crippen molar-refractivity contribution in [3.8, 4) is 0 Å². The van der Waals surface area contributed by atoms with Crippen LogP contribution in [-0.2, 0) is 11.3 Å². The predicted molar refractivity (Wildman–Crippen MR) is 92.6 cm³/mol. The van der Waals surface area contributed by atoms with Gasteiger partial charge in [0.1, 0.15) is 0 Å². The van der Waals surface area contributed by atoms with Crippen LogP contribution in [0.2, 0.25) is 0 Å². The number of carbonyl (C=O) groups is 1. The van der Waals surface area contributed by atoms with Crippen LogP contribution < -0.4 is 5.32 Å². The lowest BCUT2D eigenvalue weighted by Gasteiger charge is -2.32. The highest BCUT2D eigenvalue weighted by Gasteiger charge is 2.20. The fourth-order valence-corrected chi connectivity index (χ4v) is 2.92. The van der Waals surface area contributed by atoms with Crippen molar-refractivity contribution in [3.63, 3.8) is 0 Å². The van der Waals surface area contributed by atoms with Crippen molar-refractivity contribution in [3.05, 3.63) is 35.4 Å². The fourth-order valence-electron chi connectivity index (χ4n) is 2.92. The van der Waals surface area contributed by atoms with Gasteiger partial charge in [-0.3, -0.25) is 4.79 Å². The molecular formula is C18H29N3O2. The third-order valence-corrected chi connectivity index (χ3v) is 4.25. The van der Waals surface area contributed by atoms with Crippen LogP contribution in [0.25, 0.3) is 0 Å². The Kier molecular flexibility index (Phi) is 7.02. The molecule has 2 rings (SSSR count). The molecule has 5 nitrogen and oxygen atoms in total.